The first-order chi connectivity index (χ1) is 12.6. The van der Waals surface area contributed by atoms with Gasteiger partial charge in [0.1, 0.15) is 0 Å². The van der Waals surface area contributed by atoms with Gasteiger partial charge in [0.2, 0.25) is 0 Å². The summed E-state index contributed by atoms with van der Waals surface area (Å²) in [5, 5.41) is 9.45. The third-order valence-electron chi connectivity index (χ3n) is 4.95. The number of ether oxygens (including phenoxy) is 2. The molecular formula is C22H41NO3. The number of benzene rings is 1. The highest BCUT2D eigenvalue weighted by Crippen LogP contribution is 2.35. The molecule has 4 nitrogen and oxygen atoms in total. The van der Waals surface area contributed by atoms with Gasteiger partial charge in [-0.3, -0.25) is 0 Å². The topological polar surface area (TPSA) is 41.9 Å². The van der Waals surface area contributed by atoms with Crippen molar-refractivity contribution in [1.82, 2.24) is 4.90 Å². The molecule has 0 amide bonds. The fourth-order valence-electron chi connectivity index (χ4n) is 3.65. The molecule has 0 aromatic heterocycles. The molecule has 1 aromatic rings. The van der Waals surface area contributed by atoms with Crippen molar-refractivity contribution >= 4 is 0 Å². The molecule has 0 spiro atoms. The van der Waals surface area contributed by atoms with Crippen molar-refractivity contribution in [3.8, 4) is 11.5 Å². The summed E-state index contributed by atoms with van der Waals surface area (Å²) in [7, 11) is 5.46. The van der Waals surface area contributed by atoms with Gasteiger partial charge in [-0.05, 0) is 63.7 Å². The van der Waals surface area contributed by atoms with Crippen LogP contribution in [0.3, 0.4) is 0 Å². The van der Waals surface area contributed by atoms with Crippen LogP contribution in [-0.4, -0.2) is 50.0 Å². The van der Waals surface area contributed by atoms with E-state index in [4.69, 9.17) is 9.47 Å². The van der Waals surface area contributed by atoms with Gasteiger partial charge in [-0.1, -0.05) is 39.8 Å². The molecule has 4 heteroatoms. The highest BCUT2D eigenvalue weighted by atomic mass is 16.5. The SMILES string of the molecule is CC.CC.CN1CCC2CCC(O)CC21.COc1cccc(C)c1OC. The van der Waals surface area contributed by atoms with Crippen LogP contribution in [0.2, 0.25) is 0 Å². The number of fused-ring (bicyclic) bond motifs is 1. The highest BCUT2D eigenvalue weighted by Gasteiger charge is 2.36. The predicted octanol–water partition coefficient (Wildman–Crippen LogP) is 4.92. The fraction of sp³-hybridized carbons (Fsp3) is 0.727. The molecule has 1 aliphatic carbocycles. The van der Waals surface area contributed by atoms with Crippen LogP contribution in [-0.2, 0) is 0 Å². The molecule has 1 N–H and O–H groups in total. The number of nitrogens with zero attached hydrogens (tertiary/aromatic N) is 1. The van der Waals surface area contributed by atoms with E-state index in [1.165, 1.54) is 19.4 Å². The van der Waals surface area contributed by atoms with Crippen LogP contribution in [0.4, 0.5) is 0 Å². The van der Waals surface area contributed by atoms with E-state index in [9.17, 15) is 5.11 Å². The van der Waals surface area contributed by atoms with Crippen molar-refractivity contribution in [2.75, 3.05) is 27.8 Å². The lowest BCUT2D eigenvalue weighted by atomic mass is 9.84. The normalized spacial score (nSPS) is 23.8. The summed E-state index contributed by atoms with van der Waals surface area (Å²) in [6.07, 6.45) is 4.64. The molecule has 1 saturated heterocycles. The van der Waals surface area contributed by atoms with Crippen molar-refractivity contribution in [2.24, 2.45) is 5.92 Å². The van der Waals surface area contributed by atoms with Crippen molar-refractivity contribution < 1.29 is 14.6 Å². The van der Waals surface area contributed by atoms with Crippen molar-refractivity contribution in [2.45, 2.75) is 72.4 Å². The molecule has 3 unspecified atom stereocenters. The maximum absolute atomic E-state index is 9.45. The van der Waals surface area contributed by atoms with E-state index in [-0.39, 0.29) is 6.10 Å². The second-order valence-electron chi connectivity index (χ2n) is 6.37. The zero-order valence-corrected chi connectivity index (χ0v) is 18.2. The van der Waals surface area contributed by atoms with Crippen LogP contribution in [0.1, 0.15) is 58.9 Å². The summed E-state index contributed by atoms with van der Waals surface area (Å²) >= 11 is 0. The second-order valence-corrected chi connectivity index (χ2v) is 6.37. The number of aliphatic hydroxyl groups is 1. The van der Waals surface area contributed by atoms with Gasteiger partial charge in [-0.2, -0.15) is 0 Å². The van der Waals surface area contributed by atoms with Gasteiger partial charge in [0.25, 0.3) is 0 Å². The predicted molar refractivity (Wildman–Crippen MR) is 111 cm³/mol. The minimum absolute atomic E-state index is 0.0169. The molecule has 1 aliphatic heterocycles. The van der Waals surface area contributed by atoms with Crippen molar-refractivity contribution in [3.05, 3.63) is 23.8 Å². The number of aliphatic hydroxyl groups excluding tert-OH is 1. The van der Waals surface area contributed by atoms with E-state index in [0.717, 1.165) is 35.8 Å². The summed E-state index contributed by atoms with van der Waals surface area (Å²) in [5.41, 5.74) is 1.09. The Hall–Kier alpha value is -1.26. The first kappa shape index (κ1) is 24.7. The number of hydrogen-bond donors (Lipinski definition) is 1. The Labute approximate surface area is 161 Å². The number of likely N-dealkylation sites (tertiary alicyclic amines) is 1. The number of rotatable bonds is 2. The van der Waals surface area contributed by atoms with Crippen LogP contribution in [0.15, 0.2) is 18.2 Å². The molecule has 1 aromatic carbocycles. The first-order valence-electron chi connectivity index (χ1n) is 10.1. The Bertz CT molecular complexity index is 478. The molecule has 0 bridgehead atoms. The third kappa shape index (κ3) is 7.16. The van der Waals surface area contributed by atoms with Gasteiger partial charge in [0.15, 0.2) is 11.5 Å². The van der Waals surface area contributed by atoms with Gasteiger partial charge < -0.3 is 19.5 Å². The van der Waals surface area contributed by atoms with Crippen LogP contribution < -0.4 is 9.47 Å². The van der Waals surface area contributed by atoms with E-state index in [2.05, 4.69) is 11.9 Å². The smallest absolute Gasteiger partial charge is 0.163 e. The number of aryl methyl sites for hydroxylation is 1. The Morgan fingerprint density at radius 1 is 1.00 bits per heavy atom. The Kier molecular flexibility index (Phi) is 13.2. The summed E-state index contributed by atoms with van der Waals surface area (Å²) in [4.78, 5) is 2.41. The van der Waals surface area contributed by atoms with Gasteiger partial charge in [-0.15, -0.1) is 0 Å². The zero-order valence-electron chi connectivity index (χ0n) is 18.2. The molecule has 1 heterocycles. The number of methoxy groups -OCH3 is 2. The highest BCUT2D eigenvalue weighted by molar-refractivity contribution is 5.45. The van der Waals surface area contributed by atoms with Crippen molar-refractivity contribution in [3.63, 3.8) is 0 Å². The van der Waals surface area contributed by atoms with E-state index >= 15 is 0 Å². The molecule has 3 rings (SSSR count). The second kappa shape index (κ2) is 13.9. The number of para-hydroxylation sites is 1. The average Bonchev–Trinajstić information content (AvgIpc) is 3.05. The average molecular weight is 368 g/mol. The molecule has 1 saturated carbocycles. The van der Waals surface area contributed by atoms with Gasteiger partial charge in [0, 0.05) is 6.04 Å². The van der Waals surface area contributed by atoms with Gasteiger partial charge >= 0.3 is 0 Å². The molecule has 0 radical (unpaired) electrons. The summed E-state index contributed by atoms with van der Waals surface area (Å²) in [6, 6.07) is 6.50. The quantitative estimate of drug-likeness (QED) is 0.806. The maximum Gasteiger partial charge on any atom is 0.163 e. The lowest BCUT2D eigenvalue weighted by Gasteiger charge is -2.32. The third-order valence-corrected chi connectivity index (χ3v) is 4.95. The molecule has 2 aliphatic rings. The van der Waals surface area contributed by atoms with E-state index in [1.54, 1.807) is 14.2 Å². The maximum atomic E-state index is 9.45. The van der Waals surface area contributed by atoms with E-state index in [1.807, 2.05) is 52.8 Å². The molecule has 3 atom stereocenters. The van der Waals surface area contributed by atoms with E-state index in [0.29, 0.717) is 6.04 Å². The first-order valence-corrected chi connectivity index (χ1v) is 10.1. The molecule has 26 heavy (non-hydrogen) atoms. The lowest BCUT2D eigenvalue weighted by molar-refractivity contribution is 0.0714. The van der Waals surface area contributed by atoms with Crippen LogP contribution >= 0.6 is 0 Å². The summed E-state index contributed by atoms with van der Waals surface area (Å²) in [6.45, 7) is 11.2. The molecule has 2 fully saturated rings. The number of hydrogen-bond acceptors (Lipinski definition) is 4. The lowest BCUT2D eigenvalue weighted by Crippen LogP contribution is -2.36. The Balaban J connectivity index is 0.000000404. The van der Waals surface area contributed by atoms with Crippen molar-refractivity contribution in [1.29, 1.82) is 0 Å². The summed E-state index contributed by atoms with van der Waals surface area (Å²) in [5.74, 6) is 2.49. The molecule has 152 valence electrons. The van der Waals surface area contributed by atoms with Crippen LogP contribution in [0.5, 0.6) is 11.5 Å². The minimum atomic E-state index is -0.0169. The Morgan fingerprint density at radius 3 is 2.19 bits per heavy atom. The van der Waals surface area contributed by atoms with Crippen LogP contribution in [0, 0.1) is 12.8 Å². The Morgan fingerprint density at radius 2 is 1.65 bits per heavy atom. The largest absolute Gasteiger partial charge is 0.493 e. The minimum Gasteiger partial charge on any atom is -0.493 e. The fourth-order valence-corrected chi connectivity index (χ4v) is 3.65. The summed E-state index contributed by atoms with van der Waals surface area (Å²) < 4.78 is 10.2. The van der Waals surface area contributed by atoms with E-state index < -0.39 is 0 Å². The zero-order chi connectivity index (χ0) is 20.1. The molecular weight excluding hydrogens is 326 g/mol. The standard InChI is InChI=1S/C9H17NO.C9H12O2.2C2H6/c1-10-5-4-7-2-3-8(11)6-9(7)10;1-7-5-4-6-8(10-2)9(7)11-3;2*1-2/h7-9,11H,2-6H2,1H3;4-6H,1-3H3;2*1-2H3. The monoisotopic (exact) mass is 367 g/mol. The van der Waals surface area contributed by atoms with Crippen LogP contribution in [0.25, 0.3) is 0 Å². The van der Waals surface area contributed by atoms with Gasteiger partial charge in [0.05, 0.1) is 20.3 Å². The van der Waals surface area contributed by atoms with Gasteiger partial charge in [-0.25, -0.2) is 0 Å².